The molecule has 2 unspecified atom stereocenters. The molecule has 0 fully saturated rings. The summed E-state index contributed by atoms with van der Waals surface area (Å²) in [7, 11) is 1.31. The SMILES string of the molecule is COC(=O)c1cccc(NC(=O)C2Oc3ccccc3OC2C)c1. The monoisotopic (exact) mass is 327 g/mol. The number of fused-ring (bicyclic) bond motifs is 1. The molecular formula is C18H17NO5. The van der Waals surface area contributed by atoms with Crippen molar-refractivity contribution in [3.05, 3.63) is 54.1 Å². The first kappa shape index (κ1) is 15.9. The molecule has 1 aliphatic rings. The van der Waals surface area contributed by atoms with E-state index in [2.05, 4.69) is 10.1 Å². The Hall–Kier alpha value is -3.02. The Morgan fingerprint density at radius 1 is 1.04 bits per heavy atom. The molecule has 0 saturated heterocycles. The number of carbonyl (C=O) groups excluding carboxylic acids is 2. The normalized spacial score (nSPS) is 18.6. The third kappa shape index (κ3) is 3.17. The number of hydrogen-bond acceptors (Lipinski definition) is 5. The minimum Gasteiger partial charge on any atom is -0.482 e. The number of esters is 1. The zero-order valence-electron chi connectivity index (χ0n) is 13.3. The van der Waals surface area contributed by atoms with Crippen LogP contribution in [-0.4, -0.2) is 31.2 Å². The van der Waals surface area contributed by atoms with Crippen LogP contribution in [0, 0.1) is 0 Å². The average Bonchev–Trinajstić information content (AvgIpc) is 2.60. The van der Waals surface area contributed by atoms with Crippen molar-refractivity contribution in [1.29, 1.82) is 0 Å². The van der Waals surface area contributed by atoms with Gasteiger partial charge in [0.05, 0.1) is 12.7 Å². The maximum absolute atomic E-state index is 12.5. The lowest BCUT2D eigenvalue weighted by atomic mass is 10.1. The van der Waals surface area contributed by atoms with E-state index in [1.807, 2.05) is 12.1 Å². The second-order valence-corrected chi connectivity index (χ2v) is 5.37. The van der Waals surface area contributed by atoms with Crippen molar-refractivity contribution in [1.82, 2.24) is 0 Å². The molecule has 0 aliphatic carbocycles. The summed E-state index contributed by atoms with van der Waals surface area (Å²) in [6, 6.07) is 13.7. The van der Waals surface area contributed by atoms with Crippen LogP contribution in [0.15, 0.2) is 48.5 Å². The lowest BCUT2D eigenvalue weighted by molar-refractivity contribution is -0.128. The van der Waals surface area contributed by atoms with Crippen LogP contribution in [-0.2, 0) is 9.53 Å². The Morgan fingerprint density at radius 2 is 1.75 bits per heavy atom. The Kier molecular flexibility index (Phi) is 4.37. The molecule has 0 spiro atoms. The highest BCUT2D eigenvalue weighted by Crippen LogP contribution is 2.33. The van der Waals surface area contributed by atoms with Crippen LogP contribution in [0.2, 0.25) is 0 Å². The summed E-state index contributed by atoms with van der Waals surface area (Å²) in [4.78, 5) is 24.1. The van der Waals surface area contributed by atoms with Gasteiger partial charge in [0.2, 0.25) is 6.10 Å². The summed E-state index contributed by atoms with van der Waals surface area (Å²) in [6.45, 7) is 1.77. The molecule has 0 bridgehead atoms. The van der Waals surface area contributed by atoms with Gasteiger partial charge in [-0.2, -0.15) is 0 Å². The molecule has 0 aromatic heterocycles. The topological polar surface area (TPSA) is 73.9 Å². The standard InChI is InChI=1S/C18H17NO5/c1-11-16(24-15-9-4-3-8-14(15)23-11)17(20)19-13-7-5-6-12(10-13)18(21)22-2/h3-11,16H,1-2H3,(H,19,20). The number of hydrogen-bond donors (Lipinski definition) is 1. The van der Waals surface area contributed by atoms with Crippen molar-refractivity contribution in [2.24, 2.45) is 0 Å². The molecule has 0 radical (unpaired) electrons. The number of para-hydroxylation sites is 2. The number of carbonyl (C=O) groups is 2. The fraction of sp³-hybridized carbons (Fsp3) is 0.222. The van der Waals surface area contributed by atoms with E-state index in [-0.39, 0.29) is 5.91 Å². The van der Waals surface area contributed by atoms with Crippen LogP contribution >= 0.6 is 0 Å². The minimum absolute atomic E-state index is 0.348. The smallest absolute Gasteiger partial charge is 0.337 e. The van der Waals surface area contributed by atoms with Crippen molar-refractivity contribution < 1.29 is 23.8 Å². The fourth-order valence-electron chi connectivity index (χ4n) is 2.46. The summed E-state index contributed by atoms with van der Waals surface area (Å²) in [6.07, 6.45) is -1.23. The van der Waals surface area contributed by atoms with Crippen LogP contribution in [0.3, 0.4) is 0 Å². The molecule has 0 saturated carbocycles. The molecule has 1 N–H and O–H groups in total. The average molecular weight is 327 g/mol. The van der Waals surface area contributed by atoms with Gasteiger partial charge in [-0.3, -0.25) is 4.79 Å². The Balaban J connectivity index is 1.75. The zero-order valence-corrected chi connectivity index (χ0v) is 13.3. The van der Waals surface area contributed by atoms with Crippen molar-refractivity contribution in [2.45, 2.75) is 19.1 Å². The first-order valence-electron chi connectivity index (χ1n) is 7.50. The lowest BCUT2D eigenvalue weighted by Gasteiger charge is -2.31. The highest BCUT2D eigenvalue weighted by atomic mass is 16.6. The Bertz CT molecular complexity index is 774. The Morgan fingerprint density at radius 3 is 2.46 bits per heavy atom. The van der Waals surface area contributed by atoms with Gasteiger partial charge in [-0.05, 0) is 37.3 Å². The number of anilines is 1. The fourth-order valence-corrected chi connectivity index (χ4v) is 2.46. The molecule has 2 aromatic carbocycles. The highest BCUT2D eigenvalue weighted by Gasteiger charge is 2.34. The van der Waals surface area contributed by atoms with Crippen molar-refractivity contribution in [2.75, 3.05) is 12.4 Å². The quantitative estimate of drug-likeness (QED) is 0.877. The van der Waals surface area contributed by atoms with E-state index in [4.69, 9.17) is 9.47 Å². The first-order valence-corrected chi connectivity index (χ1v) is 7.50. The van der Waals surface area contributed by atoms with Gasteiger partial charge in [-0.25, -0.2) is 4.79 Å². The lowest BCUT2D eigenvalue weighted by Crippen LogP contribution is -2.46. The molecule has 124 valence electrons. The van der Waals surface area contributed by atoms with Crippen molar-refractivity contribution >= 4 is 17.6 Å². The minimum atomic E-state index is -0.790. The molecule has 1 aliphatic heterocycles. The van der Waals surface area contributed by atoms with Gasteiger partial charge >= 0.3 is 5.97 Å². The third-order valence-electron chi connectivity index (χ3n) is 3.65. The number of amides is 1. The number of benzene rings is 2. The predicted octanol–water partition coefficient (Wildman–Crippen LogP) is 2.64. The van der Waals surface area contributed by atoms with E-state index in [0.717, 1.165) is 0 Å². The third-order valence-corrected chi connectivity index (χ3v) is 3.65. The maximum Gasteiger partial charge on any atom is 0.337 e. The Labute approximate surface area is 139 Å². The largest absolute Gasteiger partial charge is 0.482 e. The van der Waals surface area contributed by atoms with Crippen LogP contribution in [0.4, 0.5) is 5.69 Å². The summed E-state index contributed by atoms with van der Waals surface area (Å²) in [5.74, 6) is 0.325. The van der Waals surface area contributed by atoms with Gasteiger partial charge in [0, 0.05) is 5.69 Å². The van der Waals surface area contributed by atoms with E-state index in [1.54, 1.807) is 43.3 Å². The maximum atomic E-state index is 12.5. The number of rotatable bonds is 3. The summed E-state index contributed by atoms with van der Waals surface area (Å²) in [5, 5.41) is 2.74. The molecule has 1 heterocycles. The van der Waals surface area contributed by atoms with Gasteiger partial charge in [0.1, 0.15) is 6.10 Å². The zero-order chi connectivity index (χ0) is 17.1. The molecular weight excluding hydrogens is 310 g/mol. The highest BCUT2D eigenvalue weighted by molar-refractivity contribution is 5.97. The van der Waals surface area contributed by atoms with Crippen LogP contribution in [0.5, 0.6) is 11.5 Å². The summed E-state index contributed by atoms with van der Waals surface area (Å²) >= 11 is 0. The second-order valence-electron chi connectivity index (χ2n) is 5.37. The van der Waals surface area contributed by atoms with E-state index in [9.17, 15) is 9.59 Å². The van der Waals surface area contributed by atoms with Crippen LogP contribution in [0.25, 0.3) is 0 Å². The molecule has 24 heavy (non-hydrogen) atoms. The second kappa shape index (κ2) is 6.62. The number of ether oxygens (including phenoxy) is 3. The summed E-state index contributed by atoms with van der Waals surface area (Å²) in [5.41, 5.74) is 0.840. The van der Waals surface area contributed by atoms with Gasteiger partial charge < -0.3 is 19.5 Å². The van der Waals surface area contributed by atoms with E-state index in [0.29, 0.717) is 22.7 Å². The van der Waals surface area contributed by atoms with E-state index < -0.39 is 18.2 Å². The van der Waals surface area contributed by atoms with Crippen LogP contribution < -0.4 is 14.8 Å². The predicted molar refractivity (Wildman–Crippen MR) is 87.4 cm³/mol. The van der Waals surface area contributed by atoms with Gasteiger partial charge in [0.25, 0.3) is 5.91 Å². The van der Waals surface area contributed by atoms with Crippen LogP contribution in [0.1, 0.15) is 17.3 Å². The van der Waals surface area contributed by atoms with E-state index in [1.165, 1.54) is 7.11 Å². The number of methoxy groups -OCH3 is 1. The number of nitrogens with one attached hydrogen (secondary N) is 1. The molecule has 2 atom stereocenters. The van der Waals surface area contributed by atoms with Gasteiger partial charge in [-0.15, -0.1) is 0 Å². The van der Waals surface area contributed by atoms with E-state index >= 15 is 0 Å². The van der Waals surface area contributed by atoms with Crippen molar-refractivity contribution in [3.8, 4) is 11.5 Å². The van der Waals surface area contributed by atoms with Crippen molar-refractivity contribution in [3.63, 3.8) is 0 Å². The summed E-state index contributed by atoms with van der Waals surface area (Å²) < 4.78 is 16.1. The van der Waals surface area contributed by atoms with Gasteiger partial charge in [-0.1, -0.05) is 18.2 Å². The van der Waals surface area contributed by atoms with Gasteiger partial charge in [0.15, 0.2) is 11.5 Å². The molecule has 6 heteroatoms. The molecule has 3 rings (SSSR count). The first-order chi connectivity index (χ1) is 11.6. The molecule has 6 nitrogen and oxygen atoms in total. The molecule has 1 amide bonds. The molecule has 2 aromatic rings.